The van der Waals surface area contributed by atoms with Gasteiger partial charge in [0.1, 0.15) is 11.6 Å². The monoisotopic (exact) mass is 489 g/mol. The van der Waals surface area contributed by atoms with Crippen LogP contribution in [0, 0.1) is 23.6 Å². The van der Waals surface area contributed by atoms with E-state index in [1.165, 1.54) is 17.4 Å². The number of rotatable bonds is 10. The van der Waals surface area contributed by atoms with E-state index in [1.807, 2.05) is 0 Å². The second-order valence-corrected chi connectivity index (χ2v) is 9.79. The molecule has 2 aliphatic rings. The fourth-order valence-corrected chi connectivity index (χ4v) is 4.98. The van der Waals surface area contributed by atoms with Crippen LogP contribution in [0.1, 0.15) is 31.2 Å². The summed E-state index contributed by atoms with van der Waals surface area (Å²) >= 11 is 5.88. The predicted molar refractivity (Wildman–Crippen MR) is 130 cm³/mol. The number of hydrogen-bond donors (Lipinski definition) is 1. The van der Waals surface area contributed by atoms with Crippen molar-refractivity contribution in [3.63, 3.8) is 0 Å². The molecule has 0 bridgehead atoms. The molecule has 1 aliphatic heterocycles. The summed E-state index contributed by atoms with van der Waals surface area (Å²) in [6.45, 7) is 3.37. The maximum atomic E-state index is 14.4. The van der Waals surface area contributed by atoms with Crippen molar-refractivity contribution < 1.29 is 13.9 Å². The minimum atomic E-state index is -0.410. The number of ether oxygens (including phenoxy) is 1. The van der Waals surface area contributed by atoms with E-state index in [-0.39, 0.29) is 12.3 Å². The van der Waals surface area contributed by atoms with Crippen molar-refractivity contribution in [2.45, 2.75) is 32.1 Å². The van der Waals surface area contributed by atoms with Crippen LogP contribution in [0.25, 0.3) is 0 Å². The van der Waals surface area contributed by atoms with Gasteiger partial charge < -0.3 is 20.3 Å². The summed E-state index contributed by atoms with van der Waals surface area (Å²) in [5, 5.41) is 0.557. The summed E-state index contributed by atoms with van der Waals surface area (Å²) in [7, 11) is 1.67. The Balaban J connectivity index is 1.16. The zero-order valence-corrected chi connectivity index (χ0v) is 20.4. The first-order valence-corrected chi connectivity index (χ1v) is 12.4. The van der Waals surface area contributed by atoms with E-state index in [1.54, 1.807) is 31.6 Å². The molecule has 2 N–H and O–H groups in total. The number of amides is 1. The number of anilines is 1. The Kier molecular flexibility index (Phi) is 8.21. The van der Waals surface area contributed by atoms with E-state index in [9.17, 15) is 9.18 Å². The van der Waals surface area contributed by atoms with Gasteiger partial charge in [0.15, 0.2) is 0 Å². The van der Waals surface area contributed by atoms with E-state index in [2.05, 4.69) is 14.9 Å². The summed E-state index contributed by atoms with van der Waals surface area (Å²) in [6.07, 6.45) is 7.85. The highest BCUT2D eigenvalue weighted by molar-refractivity contribution is 6.30. The molecule has 1 amide bonds. The van der Waals surface area contributed by atoms with E-state index < -0.39 is 5.82 Å². The maximum absolute atomic E-state index is 14.4. The third kappa shape index (κ3) is 6.36. The Morgan fingerprint density at radius 2 is 2.03 bits per heavy atom. The number of carbonyl (C=O) groups is 1. The van der Waals surface area contributed by atoms with Crippen LogP contribution in [0.4, 0.5) is 10.3 Å². The molecule has 1 aliphatic carbocycles. The number of hydrogen-bond acceptors (Lipinski definition) is 6. The molecule has 1 aromatic heterocycles. The van der Waals surface area contributed by atoms with Gasteiger partial charge in [0.05, 0.1) is 30.4 Å². The predicted octanol–water partition coefficient (Wildman–Crippen LogP) is 3.55. The van der Waals surface area contributed by atoms with Crippen molar-refractivity contribution in [3.8, 4) is 5.75 Å². The van der Waals surface area contributed by atoms with Gasteiger partial charge in [0.2, 0.25) is 11.9 Å². The number of halogens is 2. The number of aromatic nitrogens is 2. The minimum Gasteiger partial charge on any atom is -0.493 e. The van der Waals surface area contributed by atoms with Crippen LogP contribution >= 0.6 is 11.6 Å². The molecule has 1 saturated carbocycles. The van der Waals surface area contributed by atoms with Crippen LogP contribution in [0.15, 0.2) is 30.6 Å². The minimum absolute atomic E-state index is 0.0231. The zero-order chi connectivity index (χ0) is 24.1. The molecule has 1 unspecified atom stereocenters. The molecule has 184 valence electrons. The average molecular weight is 490 g/mol. The molecule has 2 atom stereocenters. The molecule has 1 saturated heterocycles. The van der Waals surface area contributed by atoms with Crippen molar-refractivity contribution in [1.29, 1.82) is 0 Å². The standard InChI is InChI=1S/C25H33ClFN5O2/c1-31(10-7-28)24(33)13-19-2-3-21(14-23(19)27)34-11-6-18-12-22(18)17-4-8-32(9-5-17)25-29-15-20(26)16-30-25/h2-3,14-18,22H,4-13,28H2,1H3/t18?,22-/m1/s1. The summed E-state index contributed by atoms with van der Waals surface area (Å²) < 4.78 is 20.3. The lowest BCUT2D eigenvalue weighted by molar-refractivity contribution is -0.129. The Labute approximate surface area is 205 Å². The van der Waals surface area contributed by atoms with Gasteiger partial charge in [-0.2, -0.15) is 0 Å². The van der Waals surface area contributed by atoms with Crippen LogP contribution in [0.2, 0.25) is 5.02 Å². The molecule has 9 heteroatoms. The highest BCUT2D eigenvalue weighted by Crippen LogP contribution is 2.49. The lowest BCUT2D eigenvalue weighted by Gasteiger charge is -2.32. The van der Waals surface area contributed by atoms with Crippen molar-refractivity contribution in [3.05, 3.63) is 47.0 Å². The number of benzene rings is 1. The fourth-order valence-electron chi connectivity index (χ4n) is 4.88. The number of nitrogens with zero attached hydrogens (tertiary/aromatic N) is 4. The van der Waals surface area contributed by atoms with Gasteiger partial charge in [-0.05, 0) is 55.1 Å². The smallest absolute Gasteiger partial charge is 0.226 e. The van der Waals surface area contributed by atoms with Crippen LogP contribution in [-0.4, -0.2) is 60.6 Å². The van der Waals surface area contributed by atoms with Gasteiger partial charge in [-0.25, -0.2) is 14.4 Å². The van der Waals surface area contributed by atoms with E-state index >= 15 is 0 Å². The van der Waals surface area contributed by atoms with Crippen molar-refractivity contribution in [2.75, 3.05) is 44.7 Å². The highest BCUT2D eigenvalue weighted by Gasteiger charge is 2.43. The molecule has 2 aromatic rings. The Morgan fingerprint density at radius 3 is 2.71 bits per heavy atom. The van der Waals surface area contributed by atoms with Gasteiger partial charge in [-0.1, -0.05) is 17.7 Å². The number of piperidine rings is 1. The van der Waals surface area contributed by atoms with E-state index in [0.717, 1.165) is 50.1 Å². The van der Waals surface area contributed by atoms with Crippen molar-refractivity contribution >= 4 is 23.5 Å². The topological polar surface area (TPSA) is 84.6 Å². The SMILES string of the molecule is CN(CCN)C(=O)Cc1ccc(OCCC2C[C@@H]2C2CCN(c3ncc(Cl)cn3)CC2)cc1F. The van der Waals surface area contributed by atoms with Crippen LogP contribution in [0.3, 0.4) is 0 Å². The second-order valence-electron chi connectivity index (χ2n) is 9.36. The number of likely N-dealkylation sites (N-methyl/N-ethyl adjacent to an activating group) is 1. The Morgan fingerprint density at radius 1 is 1.29 bits per heavy atom. The van der Waals surface area contributed by atoms with Gasteiger partial charge in [0, 0.05) is 39.3 Å². The van der Waals surface area contributed by atoms with Crippen LogP contribution < -0.4 is 15.4 Å². The maximum Gasteiger partial charge on any atom is 0.226 e. The van der Waals surface area contributed by atoms with Gasteiger partial charge >= 0.3 is 0 Å². The molecular weight excluding hydrogens is 457 g/mol. The van der Waals surface area contributed by atoms with Gasteiger partial charge in [-0.3, -0.25) is 4.79 Å². The lowest BCUT2D eigenvalue weighted by Crippen LogP contribution is -2.35. The second kappa shape index (κ2) is 11.3. The number of carbonyl (C=O) groups excluding carboxylic acids is 1. The van der Waals surface area contributed by atoms with Crippen LogP contribution in [-0.2, 0) is 11.2 Å². The molecule has 2 heterocycles. The molecule has 7 nitrogen and oxygen atoms in total. The zero-order valence-electron chi connectivity index (χ0n) is 19.6. The first-order valence-electron chi connectivity index (χ1n) is 12.0. The summed E-state index contributed by atoms with van der Waals surface area (Å²) in [5.74, 6) is 2.89. The molecule has 0 spiro atoms. The van der Waals surface area contributed by atoms with Crippen molar-refractivity contribution in [1.82, 2.24) is 14.9 Å². The largest absolute Gasteiger partial charge is 0.493 e. The molecule has 1 aromatic carbocycles. The molecule has 4 rings (SSSR count). The molecule has 34 heavy (non-hydrogen) atoms. The average Bonchev–Trinajstić information content (AvgIpc) is 3.61. The first-order chi connectivity index (χ1) is 16.4. The van der Waals surface area contributed by atoms with Crippen molar-refractivity contribution in [2.24, 2.45) is 23.5 Å². The molecular formula is C25H33ClFN5O2. The normalized spacial score (nSPS) is 20.3. The third-order valence-corrected chi connectivity index (χ3v) is 7.22. The van der Waals surface area contributed by atoms with E-state index in [0.29, 0.717) is 41.9 Å². The van der Waals surface area contributed by atoms with Gasteiger partial charge in [-0.15, -0.1) is 0 Å². The summed E-state index contributed by atoms with van der Waals surface area (Å²) in [5.41, 5.74) is 5.84. The summed E-state index contributed by atoms with van der Waals surface area (Å²) in [6, 6.07) is 4.76. The fraction of sp³-hybridized carbons (Fsp3) is 0.560. The lowest BCUT2D eigenvalue weighted by atomic mass is 9.90. The number of nitrogens with two attached hydrogens (primary N) is 1. The molecule has 0 radical (unpaired) electrons. The highest BCUT2D eigenvalue weighted by atomic mass is 35.5. The van der Waals surface area contributed by atoms with Crippen LogP contribution in [0.5, 0.6) is 5.75 Å². The quantitative estimate of drug-likeness (QED) is 0.549. The Hall–Kier alpha value is -2.45. The van der Waals surface area contributed by atoms with Gasteiger partial charge in [0.25, 0.3) is 0 Å². The molecule has 2 fully saturated rings. The summed E-state index contributed by atoms with van der Waals surface area (Å²) in [4.78, 5) is 24.5. The van der Waals surface area contributed by atoms with E-state index in [4.69, 9.17) is 22.1 Å². The third-order valence-electron chi connectivity index (χ3n) is 7.03. The Bertz CT molecular complexity index is 968. The first kappa shape index (κ1) is 24.7.